The molecule has 2 rings (SSSR count). The second-order valence-electron chi connectivity index (χ2n) is 6.06. The predicted molar refractivity (Wildman–Crippen MR) is 103 cm³/mol. The van der Waals surface area contributed by atoms with Gasteiger partial charge < -0.3 is 4.74 Å². The zero-order chi connectivity index (χ0) is 20.4. The van der Waals surface area contributed by atoms with Crippen LogP contribution in [0.15, 0.2) is 41.3 Å². The van der Waals surface area contributed by atoms with Gasteiger partial charge in [-0.1, -0.05) is 23.7 Å². The fraction of sp³-hybridized carbons (Fsp3) is 0.263. The van der Waals surface area contributed by atoms with Gasteiger partial charge >= 0.3 is 5.97 Å². The molecular weight excluding hydrogens is 390 g/mol. The summed E-state index contributed by atoms with van der Waals surface area (Å²) >= 11 is 5.90. The number of sulfonamides is 1. The lowest BCUT2D eigenvalue weighted by Crippen LogP contribution is -2.25. The van der Waals surface area contributed by atoms with Crippen molar-refractivity contribution in [1.29, 1.82) is 0 Å². The van der Waals surface area contributed by atoms with E-state index in [9.17, 15) is 18.0 Å². The molecule has 0 unspecified atom stereocenters. The van der Waals surface area contributed by atoms with Gasteiger partial charge in [-0.3, -0.25) is 4.79 Å². The number of rotatable bonds is 6. The third-order valence-corrected chi connectivity index (χ3v) is 6.07. The number of benzene rings is 2. The summed E-state index contributed by atoms with van der Waals surface area (Å²) in [4.78, 5) is 24.6. The van der Waals surface area contributed by atoms with E-state index in [1.807, 2.05) is 19.9 Å². The average molecular weight is 410 g/mol. The molecule has 0 saturated heterocycles. The van der Waals surface area contributed by atoms with Crippen LogP contribution in [0.25, 0.3) is 0 Å². The number of ketones is 1. The van der Waals surface area contributed by atoms with Gasteiger partial charge in [0, 0.05) is 5.56 Å². The highest BCUT2D eigenvalue weighted by Gasteiger charge is 2.23. The summed E-state index contributed by atoms with van der Waals surface area (Å²) in [7, 11) is -2.60. The molecule has 1 N–H and O–H groups in total. The van der Waals surface area contributed by atoms with Crippen LogP contribution in [-0.4, -0.2) is 33.3 Å². The Balaban J connectivity index is 2.22. The molecule has 0 radical (unpaired) electrons. The highest BCUT2D eigenvalue weighted by atomic mass is 35.5. The predicted octanol–water partition coefficient (Wildman–Crippen LogP) is 3.29. The van der Waals surface area contributed by atoms with Gasteiger partial charge in [0.15, 0.2) is 6.10 Å². The van der Waals surface area contributed by atoms with Gasteiger partial charge in [-0.25, -0.2) is 17.9 Å². The van der Waals surface area contributed by atoms with E-state index in [4.69, 9.17) is 16.3 Å². The SMILES string of the molecule is CNS(=O)(=O)c1cc(C(=O)O[C@H](C)C(=O)c2ccc(C)c(C)c2)ccc1Cl. The summed E-state index contributed by atoms with van der Waals surface area (Å²) in [6.45, 7) is 5.29. The monoisotopic (exact) mass is 409 g/mol. The Kier molecular flexibility index (Phi) is 6.41. The van der Waals surface area contributed by atoms with Crippen LogP contribution in [0.5, 0.6) is 0 Å². The van der Waals surface area contributed by atoms with Crippen molar-refractivity contribution < 1.29 is 22.7 Å². The lowest BCUT2D eigenvalue weighted by molar-refractivity contribution is 0.0318. The van der Waals surface area contributed by atoms with Crippen molar-refractivity contribution in [2.45, 2.75) is 31.8 Å². The molecule has 6 nitrogen and oxygen atoms in total. The summed E-state index contributed by atoms with van der Waals surface area (Å²) in [5, 5.41) is -0.0276. The molecule has 27 heavy (non-hydrogen) atoms. The van der Waals surface area contributed by atoms with E-state index < -0.39 is 22.1 Å². The molecule has 2 aromatic carbocycles. The van der Waals surface area contributed by atoms with E-state index in [-0.39, 0.29) is 21.3 Å². The van der Waals surface area contributed by atoms with E-state index >= 15 is 0 Å². The first kappa shape index (κ1) is 21.1. The molecule has 1 atom stereocenters. The third kappa shape index (κ3) is 4.74. The van der Waals surface area contributed by atoms with Gasteiger partial charge in [0.1, 0.15) is 4.90 Å². The van der Waals surface area contributed by atoms with Crippen LogP contribution in [0.2, 0.25) is 5.02 Å². The quantitative estimate of drug-likeness (QED) is 0.584. The van der Waals surface area contributed by atoms with E-state index in [1.54, 1.807) is 12.1 Å². The van der Waals surface area contributed by atoms with Gasteiger partial charge in [-0.2, -0.15) is 0 Å². The first-order valence-corrected chi connectivity index (χ1v) is 9.98. The van der Waals surface area contributed by atoms with E-state index in [1.165, 1.54) is 26.1 Å². The molecule has 0 fully saturated rings. The second kappa shape index (κ2) is 8.21. The Morgan fingerprint density at radius 2 is 1.67 bits per heavy atom. The first-order chi connectivity index (χ1) is 12.6. The number of esters is 1. The Bertz CT molecular complexity index is 1000. The summed E-state index contributed by atoms with van der Waals surface area (Å²) in [6.07, 6.45) is -1.03. The largest absolute Gasteiger partial charge is 0.451 e. The number of hydrogen-bond donors (Lipinski definition) is 1. The highest BCUT2D eigenvalue weighted by molar-refractivity contribution is 7.89. The van der Waals surface area contributed by atoms with Crippen molar-refractivity contribution in [3.05, 3.63) is 63.7 Å². The van der Waals surface area contributed by atoms with Crippen molar-refractivity contribution in [2.24, 2.45) is 0 Å². The van der Waals surface area contributed by atoms with Crippen LogP contribution in [0.4, 0.5) is 0 Å². The fourth-order valence-corrected chi connectivity index (χ4v) is 3.61. The maximum atomic E-state index is 12.5. The molecule has 0 heterocycles. The van der Waals surface area contributed by atoms with Gasteiger partial charge in [0.2, 0.25) is 15.8 Å². The smallest absolute Gasteiger partial charge is 0.338 e. The number of carbonyl (C=O) groups excluding carboxylic acids is 2. The van der Waals surface area contributed by atoms with E-state index in [2.05, 4.69) is 4.72 Å². The first-order valence-electron chi connectivity index (χ1n) is 8.12. The standard InChI is InChI=1S/C19H20ClNO5S/c1-11-5-6-14(9-12(11)2)18(22)13(3)26-19(23)15-7-8-16(20)17(10-15)27(24,25)21-4/h5-10,13,21H,1-4H3/t13-/m1/s1. The number of aryl methyl sites for hydroxylation is 2. The summed E-state index contributed by atoms with van der Waals surface area (Å²) < 4.78 is 31.3. The van der Waals surface area contributed by atoms with Crippen LogP contribution in [0.3, 0.4) is 0 Å². The molecule has 144 valence electrons. The number of ether oxygens (including phenoxy) is 1. The second-order valence-corrected chi connectivity index (χ2v) is 8.33. The maximum Gasteiger partial charge on any atom is 0.338 e. The van der Waals surface area contributed by atoms with Crippen molar-refractivity contribution in [3.8, 4) is 0 Å². The van der Waals surface area contributed by atoms with Crippen LogP contribution in [0.1, 0.15) is 38.8 Å². The molecule has 2 aromatic rings. The highest BCUT2D eigenvalue weighted by Crippen LogP contribution is 2.23. The Morgan fingerprint density at radius 1 is 1.04 bits per heavy atom. The minimum absolute atomic E-state index is 0.0204. The maximum absolute atomic E-state index is 12.5. The minimum Gasteiger partial charge on any atom is -0.451 e. The normalized spacial score (nSPS) is 12.5. The number of carbonyl (C=O) groups is 2. The zero-order valence-electron chi connectivity index (χ0n) is 15.4. The van der Waals surface area contributed by atoms with E-state index in [0.29, 0.717) is 5.56 Å². The number of halogens is 1. The molecule has 8 heteroatoms. The fourth-order valence-electron chi connectivity index (χ4n) is 2.36. The van der Waals surface area contributed by atoms with Crippen molar-refractivity contribution in [2.75, 3.05) is 7.05 Å². The topological polar surface area (TPSA) is 89.5 Å². The summed E-state index contributed by atoms with van der Waals surface area (Å²) in [6, 6.07) is 8.98. The third-order valence-electron chi connectivity index (χ3n) is 4.17. The lowest BCUT2D eigenvalue weighted by Gasteiger charge is -2.14. The molecule has 0 aromatic heterocycles. The van der Waals surface area contributed by atoms with Gasteiger partial charge in [-0.05, 0) is 63.2 Å². The Labute approximate surface area is 163 Å². The average Bonchev–Trinajstić information content (AvgIpc) is 2.63. The number of Topliss-reactive ketones (excluding diaryl/α,β-unsaturated/α-hetero) is 1. The minimum atomic E-state index is -3.84. The van der Waals surface area contributed by atoms with Crippen LogP contribution in [-0.2, 0) is 14.8 Å². The molecule has 0 aliphatic rings. The van der Waals surface area contributed by atoms with Gasteiger partial charge in [0.25, 0.3) is 0 Å². The van der Waals surface area contributed by atoms with Gasteiger partial charge in [-0.15, -0.1) is 0 Å². The van der Waals surface area contributed by atoms with Crippen molar-refractivity contribution >= 4 is 33.4 Å². The molecular formula is C19H20ClNO5S. The summed E-state index contributed by atoms with van der Waals surface area (Å²) in [5.41, 5.74) is 2.43. The summed E-state index contributed by atoms with van der Waals surface area (Å²) in [5.74, 6) is -1.16. The molecule has 0 spiro atoms. The molecule has 0 amide bonds. The lowest BCUT2D eigenvalue weighted by atomic mass is 10.0. The van der Waals surface area contributed by atoms with Crippen molar-refractivity contribution in [1.82, 2.24) is 4.72 Å². The molecule has 0 aliphatic carbocycles. The Morgan fingerprint density at radius 3 is 2.26 bits per heavy atom. The zero-order valence-corrected chi connectivity index (χ0v) is 16.9. The number of hydrogen-bond acceptors (Lipinski definition) is 5. The van der Waals surface area contributed by atoms with Crippen LogP contribution < -0.4 is 4.72 Å². The Hall–Kier alpha value is -2.22. The van der Waals surface area contributed by atoms with Crippen LogP contribution in [0, 0.1) is 13.8 Å². The van der Waals surface area contributed by atoms with Crippen LogP contribution >= 0.6 is 11.6 Å². The number of nitrogens with one attached hydrogen (secondary N) is 1. The molecule has 0 aliphatic heterocycles. The molecule has 0 saturated carbocycles. The van der Waals surface area contributed by atoms with Crippen molar-refractivity contribution in [3.63, 3.8) is 0 Å². The molecule has 0 bridgehead atoms. The van der Waals surface area contributed by atoms with Gasteiger partial charge in [0.05, 0.1) is 10.6 Å². The van der Waals surface area contributed by atoms with E-state index in [0.717, 1.165) is 17.2 Å².